The minimum atomic E-state index is -4.30. The number of thiazole rings is 2. The van der Waals surface area contributed by atoms with Gasteiger partial charge in [-0.1, -0.05) is 0 Å². The molecule has 0 aliphatic heterocycles. The number of rotatable bonds is 5. The van der Waals surface area contributed by atoms with Crippen molar-refractivity contribution < 1.29 is 18.3 Å². The van der Waals surface area contributed by atoms with E-state index >= 15 is 0 Å². The highest BCUT2D eigenvalue weighted by Crippen LogP contribution is 2.44. The van der Waals surface area contributed by atoms with Gasteiger partial charge in [-0.05, 0) is 63.7 Å². The summed E-state index contributed by atoms with van der Waals surface area (Å²) in [5.41, 5.74) is 6.14. The fourth-order valence-electron chi connectivity index (χ4n) is 2.06. The number of anilines is 2. The highest BCUT2D eigenvalue weighted by molar-refractivity contribution is 9.15. The van der Waals surface area contributed by atoms with Crippen molar-refractivity contribution in [2.45, 2.75) is 4.90 Å². The summed E-state index contributed by atoms with van der Waals surface area (Å²) < 4.78 is 29.1. The molecule has 0 spiro atoms. The second kappa shape index (κ2) is 8.28. The minimum Gasteiger partial charge on any atom is -0.478 e. The molecule has 0 fully saturated rings. The van der Waals surface area contributed by atoms with E-state index in [1.165, 1.54) is 11.3 Å². The number of aromatic carboxylic acids is 1. The molecule has 0 saturated carbocycles. The quantitative estimate of drug-likeness (QED) is 0.240. The number of benzene rings is 1. The van der Waals surface area contributed by atoms with Crippen molar-refractivity contribution in [3.05, 3.63) is 34.2 Å². The number of halogens is 4. The van der Waals surface area contributed by atoms with Crippen molar-refractivity contribution in [3.8, 4) is 11.4 Å². The Hall–Kier alpha value is -0.580. The van der Waals surface area contributed by atoms with Crippen LogP contribution < -0.4 is 10.5 Å². The van der Waals surface area contributed by atoms with Gasteiger partial charge in [-0.15, -0.1) is 22.7 Å². The largest absolute Gasteiger partial charge is 0.478 e. The molecular weight excluding hydrogens is 692 g/mol. The van der Waals surface area contributed by atoms with Crippen LogP contribution in [0, 0.1) is 0 Å². The standard InChI is InChI=1S/C13H6Br4N4O4S3/c14-6-5(11(22)23)10(9(17)8(16)7(6)15)28(24,25)21-13-20-4(2-27-13)3-1-26-12(18)19-3/h1-2H,(H2,18,19)(H,20,21)(H,22,23). The van der Waals surface area contributed by atoms with E-state index in [2.05, 4.69) is 78.4 Å². The van der Waals surface area contributed by atoms with Crippen LogP contribution >= 0.6 is 86.4 Å². The molecule has 3 rings (SSSR count). The van der Waals surface area contributed by atoms with E-state index in [4.69, 9.17) is 5.73 Å². The Morgan fingerprint density at radius 2 is 1.57 bits per heavy atom. The van der Waals surface area contributed by atoms with Crippen molar-refractivity contribution in [2.24, 2.45) is 0 Å². The van der Waals surface area contributed by atoms with Crippen LogP contribution in [-0.4, -0.2) is 29.5 Å². The Balaban J connectivity index is 2.07. The first kappa shape index (κ1) is 22.1. The Bertz CT molecular complexity index is 1210. The van der Waals surface area contributed by atoms with Crippen LogP contribution in [0.15, 0.2) is 33.5 Å². The predicted octanol–water partition coefficient (Wildman–Crippen LogP) is 5.40. The molecule has 28 heavy (non-hydrogen) atoms. The van der Waals surface area contributed by atoms with Crippen molar-refractivity contribution in [3.63, 3.8) is 0 Å². The Kier molecular flexibility index (Phi) is 6.54. The van der Waals surface area contributed by atoms with Gasteiger partial charge in [0.25, 0.3) is 10.0 Å². The lowest BCUT2D eigenvalue weighted by molar-refractivity contribution is 0.0691. The molecule has 0 saturated heterocycles. The van der Waals surface area contributed by atoms with Crippen molar-refractivity contribution in [1.82, 2.24) is 9.97 Å². The number of nitrogens with one attached hydrogen (secondary N) is 1. The average Bonchev–Trinajstić information content (AvgIpc) is 3.23. The zero-order chi connectivity index (χ0) is 20.8. The van der Waals surface area contributed by atoms with E-state index < -0.39 is 26.5 Å². The molecule has 4 N–H and O–H groups in total. The van der Waals surface area contributed by atoms with Crippen molar-refractivity contribution >= 4 is 113 Å². The molecule has 0 unspecified atom stereocenters. The van der Waals surface area contributed by atoms with Gasteiger partial charge >= 0.3 is 5.97 Å². The molecule has 15 heteroatoms. The van der Waals surface area contributed by atoms with Gasteiger partial charge in [0.15, 0.2) is 10.3 Å². The van der Waals surface area contributed by atoms with Gasteiger partial charge in [0.05, 0.1) is 10.0 Å². The van der Waals surface area contributed by atoms with Gasteiger partial charge in [-0.3, -0.25) is 4.72 Å². The third kappa shape index (κ3) is 4.15. The van der Waals surface area contributed by atoms with Gasteiger partial charge in [0.1, 0.15) is 16.3 Å². The van der Waals surface area contributed by atoms with Crippen LogP contribution in [0.3, 0.4) is 0 Å². The van der Waals surface area contributed by atoms with E-state index in [-0.39, 0.29) is 14.1 Å². The first-order valence-corrected chi connectivity index (χ1v) is 13.2. The number of hydrogen-bond acceptors (Lipinski definition) is 8. The van der Waals surface area contributed by atoms with Crippen LogP contribution in [0.5, 0.6) is 0 Å². The third-order valence-electron chi connectivity index (χ3n) is 3.22. The number of hydrogen-bond donors (Lipinski definition) is 3. The van der Waals surface area contributed by atoms with Gasteiger partial charge in [-0.2, -0.15) is 0 Å². The van der Waals surface area contributed by atoms with E-state index in [0.717, 1.165) is 11.3 Å². The maximum Gasteiger partial charge on any atom is 0.338 e. The van der Waals surface area contributed by atoms with E-state index in [1.807, 2.05) is 0 Å². The SMILES string of the molecule is Nc1nc(-c2csc(NS(=O)(=O)c3c(Br)c(Br)c(Br)c(Br)c3C(=O)O)n2)cs1. The van der Waals surface area contributed by atoms with E-state index in [0.29, 0.717) is 25.5 Å². The first-order valence-electron chi connectivity index (χ1n) is 6.82. The van der Waals surface area contributed by atoms with Gasteiger partial charge in [0, 0.05) is 24.2 Å². The summed E-state index contributed by atoms with van der Waals surface area (Å²) in [5.74, 6) is -1.42. The molecule has 0 amide bonds. The number of carbonyl (C=O) groups is 1. The minimum absolute atomic E-state index is 0.0523. The summed E-state index contributed by atoms with van der Waals surface area (Å²) >= 11 is 15.0. The van der Waals surface area contributed by atoms with Crippen LogP contribution in [0.2, 0.25) is 0 Å². The summed E-state index contributed by atoms with van der Waals surface area (Å²) in [6.07, 6.45) is 0. The molecule has 0 bridgehead atoms. The summed E-state index contributed by atoms with van der Waals surface area (Å²) in [5, 5.41) is 13.3. The Morgan fingerprint density at radius 1 is 1.00 bits per heavy atom. The smallest absolute Gasteiger partial charge is 0.338 e. The molecule has 2 aromatic heterocycles. The lowest BCUT2D eigenvalue weighted by atomic mass is 10.2. The number of nitrogens with zero attached hydrogens (tertiary/aromatic N) is 2. The zero-order valence-electron chi connectivity index (χ0n) is 13.0. The second-order valence-corrected chi connectivity index (χ2v) is 11.5. The number of carboxylic acids is 1. The highest BCUT2D eigenvalue weighted by atomic mass is 79.9. The topological polar surface area (TPSA) is 135 Å². The normalized spacial score (nSPS) is 11.6. The van der Waals surface area contributed by atoms with Crippen LogP contribution in [0.4, 0.5) is 10.3 Å². The molecule has 8 nitrogen and oxygen atoms in total. The Morgan fingerprint density at radius 3 is 2.14 bits per heavy atom. The number of nitrogens with two attached hydrogens (primary N) is 1. The lowest BCUT2D eigenvalue weighted by Crippen LogP contribution is -2.18. The summed E-state index contributed by atoms with van der Waals surface area (Å²) in [6, 6.07) is 0. The third-order valence-corrected chi connectivity index (χ3v) is 11.2. The molecule has 1 aromatic carbocycles. The second-order valence-electron chi connectivity index (χ2n) is 4.98. The molecule has 0 aliphatic rings. The molecule has 0 radical (unpaired) electrons. The molecule has 148 valence electrons. The highest BCUT2D eigenvalue weighted by Gasteiger charge is 2.32. The number of sulfonamides is 1. The number of aromatic nitrogens is 2. The van der Waals surface area contributed by atoms with E-state index in [1.54, 1.807) is 10.8 Å². The summed E-state index contributed by atoms with van der Waals surface area (Å²) in [4.78, 5) is 19.6. The molecule has 0 atom stereocenters. The van der Waals surface area contributed by atoms with Gasteiger partial charge in [-0.25, -0.2) is 23.2 Å². The van der Waals surface area contributed by atoms with Gasteiger partial charge in [0.2, 0.25) is 0 Å². The van der Waals surface area contributed by atoms with Gasteiger partial charge < -0.3 is 10.8 Å². The number of nitrogen functional groups attached to an aromatic ring is 1. The molecule has 0 aliphatic carbocycles. The average molecular weight is 698 g/mol. The Labute approximate surface area is 200 Å². The lowest BCUT2D eigenvalue weighted by Gasteiger charge is -2.15. The molecular formula is C13H6Br4N4O4S3. The maximum absolute atomic E-state index is 13.0. The van der Waals surface area contributed by atoms with E-state index in [9.17, 15) is 18.3 Å². The van der Waals surface area contributed by atoms with Crippen molar-refractivity contribution in [1.29, 1.82) is 0 Å². The summed E-state index contributed by atoms with van der Waals surface area (Å²) in [7, 11) is -4.30. The van der Waals surface area contributed by atoms with Crippen LogP contribution in [0.1, 0.15) is 10.4 Å². The maximum atomic E-state index is 13.0. The zero-order valence-corrected chi connectivity index (χ0v) is 21.8. The fourth-order valence-corrected chi connectivity index (χ4v) is 8.05. The summed E-state index contributed by atoms with van der Waals surface area (Å²) in [6.45, 7) is 0. The first-order chi connectivity index (χ1) is 13.0. The van der Waals surface area contributed by atoms with Crippen LogP contribution in [0.25, 0.3) is 11.4 Å². The number of carboxylic acid groups (broad SMARTS) is 1. The molecule has 3 aromatic rings. The monoisotopic (exact) mass is 694 g/mol. The van der Waals surface area contributed by atoms with Crippen molar-refractivity contribution in [2.75, 3.05) is 10.5 Å². The predicted molar refractivity (Wildman–Crippen MR) is 123 cm³/mol. The van der Waals surface area contributed by atoms with Crippen LogP contribution in [-0.2, 0) is 10.0 Å². The molecule has 2 heterocycles. The fraction of sp³-hybridized carbons (Fsp3) is 0.